The predicted molar refractivity (Wildman–Crippen MR) is 69.0 cm³/mol. The summed E-state index contributed by atoms with van der Waals surface area (Å²) in [6.07, 6.45) is 5.06. The Morgan fingerprint density at radius 1 is 1.26 bits per heavy atom. The van der Waals surface area contributed by atoms with E-state index in [2.05, 4.69) is 10.3 Å². The number of carboxylic acids is 1. The van der Waals surface area contributed by atoms with Gasteiger partial charge in [0, 0.05) is 0 Å². The smallest absolute Gasteiger partial charge is 0.335 e. The third-order valence-electron chi connectivity index (χ3n) is 4.21. The van der Waals surface area contributed by atoms with Crippen LogP contribution in [0.2, 0.25) is 0 Å². The highest BCUT2D eigenvalue weighted by Crippen LogP contribution is 2.52. The summed E-state index contributed by atoms with van der Waals surface area (Å²) >= 11 is 0. The highest BCUT2D eigenvalue weighted by Gasteiger charge is 2.43. The molecule has 2 saturated carbocycles. The molecular weight excluding hydrogens is 242 g/mol. The van der Waals surface area contributed by atoms with Crippen molar-refractivity contribution in [3.05, 3.63) is 23.8 Å². The van der Waals surface area contributed by atoms with Gasteiger partial charge in [-0.2, -0.15) is 0 Å². The largest absolute Gasteiger partial charge is 0.478 e. The van der Waals surface area contributed by atoms with Gasteiger partial charge in [0.2, 0.25) is 0 Å². The van der Waals surface area contributed by atoms with Gasteiger partial charge in [0.25, 0.3) is 0 Å². The second kappa shape index (κ2) is 3.79. The average Bonchev–Trinajstić information content (AvgIpc) is 3.29. The fourth-order valence-electron chi connectivity index (χ4n) is 2.95. The highest BCUT2D eigenvalue weighted by atomic mass is 16.4. The molecule has 0 spiro atoms. The van der Waals surface area contributed by atoms with Crippen molar-refractivity contribution in [2.75, 3.05) is 0 Å². The molecule has 0 bridgehead atoms. The zero-order chi connectivity index (χ0) is 13.0. The molecular formula is C14H15N3O2. The molecule has 2 aliphatic carbocycles. The minimum atomic E-state index is -0.899. The van der Waals surface area contributed by atoms with Crippen LogP contribution in [0.5, 0.6) is 0 Å². The van der Waals surface area contributed by atoms with Crippen LogP contribution in [0, 0.1) is 11.8 Å². The van der Waals surface area contributed by atoms with Crippen LogP contribution in [0.25, 0.3) is 11.0 Å². The number of hydrogen-bond donors (Lipinski definition) is 1. The molecule has 5 heteroatoms. The number of hydrogen-bond acceptors (Lipinski definition) is 3. The minimum Gasteiger partial charge on any atom is -0.478 e. The third-order valence-corrected chi connectivity index (χ3v) is 4.21. The van der Waals surface area contributed by atoms with E-state index < -0.39 is 5.97 Å². The number of fused-ring (bicyclic) bond motifs is 1. The van der Waals surface area contributed by atoms with Crippen molar-refractivity contribution >= 4 is 17.0 Å². The Hall–Kier alpha value is -1.91. The molecule has 1 aromatic heterocycles. The normalized spacial score (nSPS) is 19.2. The first kappa shape index (κ1) is 11.0. The number of nitrogens with zero attached hydrogens (tertiary/aromatic N) is 3. The van der Waals surface area contributed by atoms with E-state index in [1.54, 1.807) is 18.2 Å². The Kier molecular flexibility index (Phi) is 2.19. The maximum atomic E-state index is 11.1. The monoisotopic (exact) mass is 257 g/mol. The van der Waals surface area contributed by atoms with E-state index in [9.17, 15) is 4.79 Å². The van der Waals surface area contributed by atoms with E-state index in [4.69, 9.17) is 5.11 Å². The molecule has 1 aromatic carbocycles. The molecule has 1 N–H and O–H groups in total. The molecule has 2 fully saturated rings. The lowest BCUT2D eigenvalue weighted by molar-refractivity contribution is 0.0697. The second-order valence-corrected chi connectivity index (χ2v) is 5.71. The topological polar surface area (TPSA) is 68.0 Å². The summed E-state index contributed by atoms with van der Waals surface area (Å²) in [6, 6.07) is 5.47. The lowest BCUT2D eigenvalue weighted by Crippen LogP contribution is -2.15. The Morgan fingerprint density at radius 3 is 2.53 bits per heavy atom. The number of carboxylic acid groups (broad SMARTS) is 1. The first-order valence-electron chi connectivity index (χ1n) is 6.82. The van der Waals surface area contributed by atoms with E-state index in [0.29, 0.717) is 23.4 Å². The van der Waals surface area contributed by atoms with E-state index >= 15 is 0 Å². The molecule has 0 radical (unpaired) electrons. The van der Waals surface area contributed by atoms with Crippen LogP contribution in [0.15, 0.2) is 18.2 Å². The Balaban J connectivity index is 1.83. The molecule has 0 saturated heterocycles. The summed E-state index contributed by atoms with van der Waals surface area (Å²) in [5.74, 6) is 0.529. The van der Waals surface area contributed by atoms with Gasteiger partial charge in [-0.3, -0.25) is 0 Å². The maximum Gasteiger partial charge on any atom is 0.335 e. The standard InChI is InChI=1S/C14H15N3O2/c18-14(19)10-5-6-11-12(7-10)17(16-15-11)13(8-1-2-8)9-3-4-9/h5-9,13H,1-4H2,(H,18,19). The molecule has 19 heavy (non-hydrogen) atoms. The SMILES string of the molecule is O=C(O)c1ccc2nnn(C(C3CC3)C3CC3)c2c1. The molecule has 1 heterocycles. The molecule has 98 valence electrons. The molecule has 4 rings (SSSR count). The van der Waals surface area contributed by atoms with Crippen LogP contribution in [0.3, 0.4) is 0 Å². The molecule has 0 aliphatic heterocycles. The summed E-state index contributed by atoms with van der Waals surface area (Å²) < 4.78 is 1.98. The zero-order valence-corrected chi connectivity index (χ0v) is 10.5. The summed E-state index contributed by atoms with van der Waals surface area (Å²) in [4.78, 5) is 11.1. The van der Waals surface area contributed by atoms with E-state index in [0.717, 1.165) is 11.0 Å². The predicted octanol–water partition coefficient (Wildman–Crippen LogP) is 2.49. The Morgan fingerprint density at radius 2 is 1.95 bits per heavy atom. The van der Waals surface area contributed by atoms with Gasteiger partial charge in [0.05, 0.1) is 17.1 Å². The highest BCUT2D eigenvalue weighted by molar-refractivity contribution is 5.92. The van der Waals surface area contributed by atoms with Crippen molar-refractivity contribution in [3.63, 3.8) is 0 Å². The van der Waals surface area contributed by atoms with Gasteiger partial charge >= 0.3 is 5.97 Å². The summed E-state index contributed by atoms with van der Waals surface area (Å²) in [5, 5.41) is 17.6. The number of aromatic carboxylic acids is 1. The fourth-order valence-corrected chi connectivity index (χ4v) is 2.95. The van der Waals surface area contributed by atoms with Crippen molar-refractivity contribution in [1.29, 1.82) is 0 Å². The molecule has 0 amide bonds. The van der Waals surface area contributed by atoms with Crippen molar-refractivity contribution < 1.29 is 9.90 Å². The van der Waals surface area contributed by atoms with Crippen molar-refractivity contribution in [2.24, 2.45) is 11.8 Å². The van der Waals surface area contributed by atoms with Crippen LogP contribution >= 0.6 is 0 Å². The third kappa shape index (κ3) is 1.80. The van der Waals surface area contributed by atoms with Crippen LogP contribution in [0.4, 0.5) is 0 Å². The van der Waals surface area contributed by atoms with Gasteiger partial charge in [0.1, 0.15) is 5.52 Å². The number of carbonyl (C=O) groups is 1. The number of rotatable bonds is 4. The second-order valence-electron chi connectivity index (χ2n) is 5.71. The van der Waals surface area contributed by atoms with Crippen LogP contribution in [-0.4, -0.2) is 26.1 Å². The van der Waals surface area contributed by atoms with Crippen LogP contribution < -0.4 is 0 Å². The van der Waals surface area contributed by atoms with Crippen LogP contribution in [0.1, 0.15) is 42.1 Å². The Labute approximate surface area is 110 Å². The van der Waals surface area contributed by atoms with Gasteiger partial charge in [-0.15, -0.1) is 5.10 Å². The van der Waals surface area contributed by atoms with Crippen molar-refractivity contribution in [3.8, 4) is 0 Å². The van der Waals surface area contributed by atoms with Crippen molar-refractivity contribution in [2.45, 2.75) is 31.7 Å². The lowest BCUT2D eigenvalue weighted by Gasteiger charge is -2.16. The van der Waals surface area contributed by atoms with E-state index in [1.807, 2.05) is 4.68 Å². The first-order chi connectivity index (χ1) is 9.24. The minimum absolute atomic E-state index is 0.307. The van der Waals surface area contributed by atoms with Gasteiger partial charge in [-0.05, 0) is 55.7 Å². The summed E-state index contributed by atoms with van der Waals surface area (Å²) in [5.41, 5.74) is 1.96. The fraction of sp³-hybridized carbons (Fsp3) is 0.500. The van der Waals surface area contributed by atoms with E-state index in [1.165, 1.54) is 25.7 Å². The van der Waals surface area contributed by atoms with Gasteiger partial charge in [-0.1, -0.05) is 5.21 Å². The van der Waals surface area contributed by atoms with Crippen molar-refractivity contribution in [1.82, 2.24) is 15.0 Å². The molecule has 0 atom stereocenters. The Bertz CT molecular complexity index is 644. The van der Waals surface area contributed by atoms with Gasteiger partial charge < -0.3 is 5.11 Å². The molecule has 0 unspecified atom stereocenters. The van der Waals surface area contributed by atoms with E-state index in [-0.39, 0.29) is 0 Å². The molecule has 5 nitrogen and oxygen atoms in total. The average molecular weight is 257 g/mol. The van der Waals surface area contributed by atoms with Gasteiger partial charge in [-0.25, -0.2) is 9.48 Å². The van der Waals surface area contributed by atoms with Gasteiger partial charge in [0.15, 0.2) is 0 Å². The lowest BCUT2D eigenvalue weighted by atomic mass is 10.1. The molecule has 2 aliphatic rings. The number of aromatic nitrogens is 3. The first-order valence-corrected chi connectivity index (χ1v) is 6.82. The summed E-state index contributed by atoms with van der Waals surface area (Å²) in [7, 11) is 0. The summed E-state index contributed by atoms with van der Waals surface area (Å²) in [6.45, 7) is 0. The maximum absolute atomic E-state index is 11.1. The quantitative estimate of drug-likeness (QED) is 0.913. The zero-order valence-electron chi connectivity index (χ0n) is 10.5. The molecule has 2 aromatic rings. The number of benzene rings is 1. The van der Waals surface area contributed by atoms with Crippen LogP contribution in [-0.2, 0) is 0 Å².